The summed E-state index contributed by atoms with van der Waals surface area (Å²) in [5.41, 5.74) is 7.21. The molecular weight excluding hydrogens is 327 g/mol. The van der Waals surface area contributed by atoms with Gasteiger partial charge in [-0.1, -0.05) is 29.0 Å². The Morgan fingerprint density at radius 3 is 2.79 bits per heavy atom. The number of sulfone groups is 1. The number of hydrogen-bond acceptors (Lipinski definition) is 5. The molecule has 0 aliphatic heterocycles. The summed E-state index contributed by atoms with van der Waals surface area (Å²) in [4.78, 5) is 4.43. The van der Waals surface area contributed by atoms with Crippen LogP contribution >= 0.6 is 35.3 Å². The van der Waals surface area contributed by atoms with Gasteiger partial charge >= 0.3 is 0 Å². The van der Waals surface area contributed by atoms with Gasteiger partial charge in [0.15, 0.2) is 15.0 Å². The first-order chi connectivity index (χ1) is 8.38. The summed E-state index contributed by atoms with van der Waals surface area (Å²) in [6.07, 6.45) is 5.26. The number of rotatable bonds is 1. The smallest absolute Gasteiger partial charge is 0.181 e. The van der Waals surface area contributed by atoms with E-state index in [1.54, 1.807) is 6.08 Å². The van der Waals surface area contributed by atoms with Crippen LogP contribution < -0.4 is 15.6 Å². The number of halogens is 2. The van der Waals surface area contributed by atoms with Crippen LogP contribution in [0.2, 0.25) is 0 Å². The molecule has 2 N–H and O–H groups in total. The first-order valence-electron chi connectivity index (χ1n) is 5.16. The van der Waals surface area contributed by atoms with E-state index >= 15 is 0 Å². The molecule has 0 bridgehead atoms. The highest BCUT2D eigenvalue weighted by molar-refractivity contribution is 7.95. The molecule has 1 aromatic rings. The van der Waals surface area contributed by atoms with E-state index < -0.39 is 9.84 Å². The molecule has 0 saturated carbocycles. The maximum Gasteiger partial charge on any atom is 0.181 e. The Hall–Kier alpha value is -0.820. The summed E-state index contributed by atoms with van der Waals surface area (Å²) < 4.78 is 24.5. The number of nitrogen functional groups attached to an aromatic ring is 1. The Labute approximate surface area is 125 Å². The molecule has 4 nitrogen and oxygen atoms in total. The molecule has 0 fully saturated rings. The predicted octanol–water partition coefficient (Wildman–Crippen LogP) is 0.917. The fraction of sp³-hybridized carbons (Fsp3) is 0.182. The monoisotopic (exact) mass is 336 g/mol. The van der Waals surface area contributed by atoms with Gasteiger partial charge in [0, 0.05) is 11.8 Å². The summed E-state index contributed by atoms with van der Waals surface area (Å²) in [6, 6.07) is 0. The molecule has 0 aromatic carbocycles. The molecule has 0 spiro atoms. The maximum absolute atomic E-state index is 11.8. The molecule has 3 rings (SSSR count). The first-order valence-corrected chi connectivity index (χ1v) is 8.24. The topological polar surface area (TPSA) is 73.0 Å². The molecule has 0 atom stereocenters. The number of aromatic nitrogens is 1. The zero-order valence-electron chi connectivity index (χ0n) is 9.81. The van der Waals surface area contributed by atoms with Gasteiger partial charge in [0.05, 0.1) is 19.8 Å². The molecule has 1 aromatic heterocycles. The van der Waals surface area contributed by atoms with E-state index in [0.717, 1.165) is 21.7 Å². The Morgan fingerprint density at radius 1 is 1.47 bits per heavy atom. The van der Waals surface area contributed by atoms with E-state index in [1.165, 1.54) is 11.3 Å². The van der Waals surface area contributed by atoms with Crippen LogP contribution in [0.5, 0.6) is 0 Å². The molecule has 0 saturated heterocycles. The molecular formula is C11H10Cl2N2O2S2. The minimum absolute atomic E-state index is 0. The quantitative estimate of drug-likeness (QED) is 0.827. The molecule has 19 heavy (non-hydrogen) atoms. The molecule has 1 heterocycles. The summed E-state index contributed by atoms with van der Waals surface area (Å²) in [7, 11) is -3.36. The minimum atomic E-state index is -3.36. The van der Waals surface area contributed by atoms with E-state index in [9.17, 15) is 8.42 Å². The Balaban J connectivity index is 0.00000133. The molecule has 2 aliphatic rings. The number of nitrogens with two attached hydrogens (primary N) is 1. The van der Waals surface area contributed by atoms with Crippen molar-refractivity contribution in [2.45, 2.75) is 6.42 Å². The van der Waals surface area contributed by atoms with Gasteiger partial charge in [0.2, 0.25) is 0 Å². The maximum atomic E-state index is 11.8. The normalized spacial score (nSPS) is 17.4. The van der Waals surface area contributed by atoms with E-state index in [2.05, 4.69) is 4.98 Å². The highest BCUT2D eigenvalue weighted by Crippen LogP contribution is 2.36. The molecule has 8 heteroatoms. The third-order valence-electron chi connectivity index (χ3n) is 2.87. The lowest BCUT2D eigenvalue weighted by atomic mass is 10.0. The zero-order chi connectivity index (χ0) is 13.1. The van der Waals surface area contributed by atoms with Crippen molar-refractivity contribution >= 4 is 62.0 Å². The molecule has 0 amide bonds. The largest absolute Gasteiger partial charge is 0.375 e. The lowest BCUT2D eigenvalue weighted by Crippen LogP contribution is -2.20. The van der Waals surface area contributed by atoms with Crippen LogP contribution in [0.1, 0.15) is 6.42 Å². The van der Waals surface area contributed by atoms with Crippen LogP contribution in [0.25, 0.3) is 11.6 Å². The van der Waals surface area contributed by atoms with Crippen LogP contribution in [-0.2, 0) is 9.84 Å². The average Bonchev–Trinajstić information content (AvgIpc) is 2.70. The van der Waals surface area contributed by atoms with Crippen molar-refractivity contribution < 1.29 is 8.42 Å². The van der Waals surface area contributed by atoms with Crippen molar-refractivity contribution in [2.24, 2.45) is 0 Å². The lowest BCUT2D eigenvalue weighted by molar-refractivity contribution is 0.608. The fourth-order valence-electron chi connectivity index (χ4n) is 2.21. The van der Waals surface area contributed by atoms with Gasteiger partial charge in [0.25, 0.3) is 0 Å². The van der Waals surface area contributed by atoms with Crippen molar-refractivity contribution in [3.8, 4) is 0 Å². The van der Waals surface area contributed by atoms with Crippen molar-refractivity contribution in [2.75, 3.05) is 12.0 Å². The highest BCUT2D eigenvalue weighted by Gasteiger charge is 2.28. The number of anilines is 1. The van der Waals surface area contributed by atoms with E-state index in [-0.39, 0.29) is 22.3 Å². The van der Waals surface area contributed by atoms with Gasteiger partial charge in [-0.3, -0.25) is 0 Å². The van der Waals surface area contributed by atoms with E-state index in [1.807, 2.05) is 6.08 Å². The predicted molar refractivity (Wildman–Crippen MR) is 81.3 cm³/mol. The van der Waals surface area contributed by atoms with Crippen molar-refractivity contribution in [1.82, 2.24) is 4.98 Å². The van der Waals surface area contributed by atoms with Crippen molar-refractivity contribution in [1.29, 1.82) is 0 Å². The molecule has 2 aliphatic carbocycles. The summed E-state index contributed by atoms with van der Waals surface area (Å²) in [6.45, 7) is 0. The Kier molecular flexibility index (Phi) is 3.55. The van der Waals surface area contributed by atoms with Gasteiger partial charge in [-0.25, -0.2) is 13.4 Å². The second-order valence-corrected chi connectivity index (χ2v) is 7.58. The second kappa shape index (κ2) is 4.63. The Morgan fingerprint density at radius 2 is 2.16 bits per heavy atom. The van der Waals surface area contributed by atoms with Crippen LogP contribution in [0.15, 0.2) is 21.6 Å². The number of allylic oxidation sites excluding steroid dienone is 3. The summed E-state index contributed by atoms with van der Waals surface area (Å²) in [5, 5.41) is 1.56. The molecule has 0 unspecified atom stereocenters. The SMILES string of the molecule is CS(=O)(=O)C1=C2C=c3sc(N)nc3=C2CC=C1Cl.Cl. The van der Waals surface area contributed by atoms with Crippen molar-refractivity contribution in [3.05, 3.63) is 31.5 Å². The molecule has 0 radical (unpaired) electrons. The number of nitrogens with zero attached hydrogens (tertiary/aromatic N) is 1. The third-order valence-corrected chi connectivity index (χ3v) is 5.34. The average molecular weight is 337 g/mol. The third kappa shape index (κ3) is 2.23. The van der Waals surface area contributed by atoms with Gasteiger partial charge in [-0.2, -0.15) is 0 Å². The minimum Gasteiger partial charge on any atom is -0.375 e. The van der Waals surface area contributed by atoms with E-state index in [0.29, 0.717) is 17.1 Å². The summed E-state index contributed by atoms with van der Waals surface area (Å²) in [5.74, 6) is 0. The van der Waals surface area contributed by atoms with Crippen LogP contribution in [0, 0.1) is 0 Å². The number of hydrogen-bond donors (Lipinski definition) is 1. The van der Waals surface area contributed by atoms with Crippen LogP contribution in [0.4, 0.5) is 5.13 Å². The zero-order valence-corrected chi connectivity index (χ0v) is 13.0. The second-order valence-electron chi connectivity index (χ2n) is 4.16. The highest BCUT2D eigenvalue weighted by atomic mass is 35.5. The number of thiazole rings is 1. The van der Waals surface area contributed by atoms with Gasteiger partial charge < -0.3 is 5.73 Å². The summed E-state index contributed by atoms with van der Waals surface area (Å²) >= 11 is 7.38. The number of fused-ring (bicyclic) bond motifs is 2. The molecule has 102 valence electrons. The van der Waals surface area contributed by atoms with Gasteiger partial charge in [0.1, 0.15) is 0 Å². The lowest BCUT2D eigenvalue weighted by Gasteiger charge is -2.15. The fourth-order valence-corrected chi connectivity index (χ4v) is 4.63. The van der Waals surface area contributed by atoms with Crippen LogP contribution in [0.3, 0.4) is 0 Å². The Bertz CT molecular complexity index is 848. The standard InChI is InChI=1S/C11H9ClN2O2S2.ClH/c1-18(15,16)10-6-4-8-9(14-11(13)17-8)5(6)2-3-7(10)12;/h3-4H,2H2,1H3,(H2,13,14);1H. The van der Waals surface area contributed by atoms with Gasteiger partial charge in [-0.05, 0) is 18.1 Å². The van der Waals surface area contributed by atoms with Gasteiger partial charge in [-0.15, -0.1) is 12.4 Å². The van der Waals surface area contributed by atoms with Crippen molar-refractivity contribution in [3.63, 3.8) is 0 Å². The first kappa shape index (κ1) is 14.6. The van der Waals surface area contributed by atoms with E-state index in [4.69, 9.17) is 17.3 Å². The van der Waals surface area contributed by atoms with Crippen LogP contribution in [-0.4, -0.2) is 19.7 Å².